The second-order valence-electron chi connectivity index (χ2n) is 7.54. The van der Waals surface area contributed by atoms with Crippen molar-refractivity contribution in [3.05, 3.63) is 47.4 Å². The Labute approximate surface area is 178 Å². The fraction of sp³-hybridized carbons (Fsp3) is 0.421. The number of aryl methyl sites for hydroxylation is 2. The van der Waals surface area contributed by atoms with Gasteiger partial charge in [0.1, 0.15) is 5.69 Å². The Morgan fingerprint density at radius 1 is 1.19 bits per heavy atom. The molecule has 0 aliphatic carbocycles. The van der Waals surface area contributed by atoms with Crippen LogP contribution in [0.1, 0.15) is 53.6 Å². The molecule has 0 saturated heterocycles. The second-order valence-corrected chi connectivity index (χ2v) is 7.54. The first kappa shape index (κ1) is 21.8. The first-order valence-electron chi connectivity index (χ1n) is 9.65. The molecule has 3 aromatic heterocycles. The zero-order valence-corrected chi connectivity index (χ0v) is 17.0. The Morgan fingerprint density at radius 2 is 1.94 bits per heavy atom. The number of hydrogen-bond acceptors (Lipinski definition) is 5. The lowest BCUT2D eigenvalue weighted by Crippen LogP contribution is -2.34. The largest absolute Gasteiger partial charge is 0.453 e. The number of carbonyl (C=O) groups is 1. The van der Waals surface area contributed by atoms with Gasteiger partial charge in [0.25, 0.3) is 17.7 Å². The highest BCUT2D eigenvalue weighted by atomic mass is 19.4. The normalized spacial score (nSPS) is 16.7. The molecule has 4 rings (SSSR count). The molecular formula is C19H18F5N7O. The van der Waals surface area contributed by atoms with Crippen LogP contribution in [0.5, 0.6) is 0 Å². The van der Waals surface area contributed by atoms with Crippen molar-refractivity contribution in [1.29, 1.82) is 0 Å². The maximum absolute atomic E-state index is 13.6. The number of alkyl halides is 5. The van der Waals surface area contributed by atoms with Crippen LogP contribution in [-0.2, 0) is 25.7 Å². The van der Waals surface area contributed by atoms with Crippen LogP contribution in [0.4, 0.5) is 22.0 Å². The SMILES string of the molecule is Cn1nc(C(F)(F)F)nc1C(=O)NC1CCCn2nc(-c3ccnc(C(C)(F)F)c3)cc21. The summed E-state index contributed by atoms with van der Waals surface area (Å²) in [5, 5.41) is 10.4. The van der Waals surface area contributed by atoms with Gasteiger partial charge in [-0.2, -0.15) is 32.0 Å². The summed E-state index contributed by atoms with van der Waals surface area (Å²) in [7, 11) is 1.20. The lowest BCUT2D eigenvalue weighted by atomic mass is 10.0. The lowest BCUT2D eigenvalue weighted by molar-refractivity contribution is -0.144. The van der Waals surface area contributed by atoms with Crippen molar-refractivity contribution in [3.8, 4) is 11.3 Å². The molecule has 0 radical (unpaired) electrons. The number of fused-ring (bicyclic) bond motifs is 1. The molecule has 1 N–H and O–H groups in total. The maximum Gasteiger partial charge on any atom is 0.453 e. The lowest BCUT2D eigenvalue weighted by Gasteiger charge is -2.24. The van der Waals surface area contributed by atoms with Gasteiger partial charge in [0.2, 0.25) is 5.82 Å². The molecule has 170 valence electrons. The molecule has 3 aromatic rings. The van der Waals surface area contributed by atoms with E-state index >= 15 is 0 Å². The number of rotatable bonds is 4. The van der Waals surface area contributed by atoms with E-state index in [1.165, 1.54) is 19.3 Å². The molecule has 1 amide bonds. The zero-order valence-electron chi connectivity index (χ0n) is 17.0. The Hall–Kier alpha value is -3.38. The van der Waals surface area contributed by atoms with Crippen molar-refractivity contribution >= 4 is 5.91 Å². The van der Waals surface area contributed by atoms with Gasteiger partial charge in [-0.05, 0) is 31.0 Å². The highest BCUT2D eigenvalue weighted by Crippen LogP contribution is 2.32. The number of hydrogen-bond donors (Lipinski definition) is 1. The van der Waals surface area contributed by atoms with E-state index in [0.717, 1.165) is 11.6 Å². The number of halogens is 5. The van der Waals surface area contributed by atoms with Crippen molar-refractivity contribution < 1.29 is 26.7 Å². The molecule has 1 atom stereocenters. The van der Waals surface area contributed by atoms with Crippen LogP contribution in [0, 0.1) is 0 Å². The van der Waals surface area contributed by atoms with E-state index in [9.17, 15) is 26.7 Å². The number of aromatic nitrogens is 6. The predicted octanol–water partition coefficient (Wildman–Crippen LogP) is 3.47. The van der Waals surface area contributed by atoms with Crippen LogP contribution < -0.4 is 5.32 Å². The molecule has 8 nitrogen and oxygen atoms in total. The minimum atomic E-state index is -4.77. The van der Waals surface area contributed by atoms with E-state index in [0.29, 0.717) is 36.3 Å². The molecule has 0 spiro atoms. The van der Waals surface area contributed by atoms with Crippen LogP contribution in [0.3, 0.4) is 0 Å². The number of nitrogens with zero attached hydrogens (tertiary/aromatic N) is 6. The van der Waals surface area contributed by atoms with Gasteiger partial charge in [0.05, 0.1) is 17.4 Å². The number of pyridine rings is 1. The third kappa shape index (κ3) is 4.18. The molecule has 0 bridgehead atoms. The van der Waals surface area contributed by atoms with E-state index in [-0.39, 0.29) is 0 Å². The minimum absolute atomic E-state index is 0.395. The van der Waals surface area contributed by atoms with Gasteiger partial charge in [0, 0.05) is 32.3 Å². The highest BCUT2D eigenvalue weighted by molar-refractivity contribution is 5.91. The summed E-state index contributed by atoms with van der Waals surface area (Å²) in [6.07, 6.45) is -2.32. The molecule has 1 unspecified atom stereocenters. The molecule has 0 fully saturated rings. The number of carbonyl (C=O) groups excluding carboxylic acids is 1. The first-order valence-corrected chi connectivity index (χ1v) is 9.65. The van der Waals surface area contributed by atoms with Crippen LogP contribution in [0.15, 0.2) is 24.4 Å². The van der Waals surface area contributed by atoms with E-state index in [2.05, 4.69) is 25.5 Å². The Bertz CT molecular complexity index is 1160. The minimum Gasteiger partial charge on any atom is -0.341 e. The van der Waals surface area contributed by atoms with Crippen molar-refractivity contribution in [2.45, 2.75) is 44.5 Å². The topological polar surface area (TPSA) is 90.5 Å². The quantitative estimate of drug-likeness (QED) is 0.609. The Morgan fingerprint density at radius 3 is 2.59 bits per heavy atom. The third-order valence-corrected chi connectivity index (χ3v) is 5.06. The van der Waals surface area contributed by atoms with Gasteiger partial charge >= 0.3 is 6.18 Å². The summed E-state index contributed by atoms with van der Waals surface area (Å²) >= 11 is 0. The Balaban J connectivity index is 1.60. The highest BCUT2D eigenvalue weighted by Gasteiger charge is 2.38. The molecule has 0 saturated carbocycles. The van der Waals surface area contributed by atoms with Crippen molar-refractivity contribution in [1.82, 2.24) is 34.8 Å². The Kier molecular flexibility index (Phi) is 5.21. The second kappa shape index (κ2) is 7.64. The molecule has 13 heteroatoms. The van der Waals surface area contributed by atoms with Gasteiger partial charge < -0.3 is 5.32 Å². The monoisotopic (exact) mass is 455 g/mol. The molecule has 1 aliphatic rings. The average molecular weight is 455 g/mol. The zero-order chi connectivity index (χ0) is 23.3. The molecule has 0 aromatic carbocycles. The van der Waals surface area contributed by atoms with E-state index < -0.39 is 41.4 Å². The van der Waals surface area contributed by atoms with Crippen LogP contribution in [-0.4, -0.2) is 35.4 Å². The fourth-order valence-electron chi connectivity index (χ4n) is 3.53. The fourth-order valence-corrected chi connectivity index (χ4v) is 3.53. The first-order chi connectivity index (χ1) is 14.9. The van der Waals surface area contributed by atoms with Gasteiger partial charge in [-0.15, -0.1) is 5.10 Å². The summed E-state index contributed by atoms with van der Waals surface area (Å²) < 4.78 is 68.2. The number of amides is 1. The van der Waals surface area contributed by atoms with E-state index in [1.807, 2.05) is 0 Å². The number of nitrogens with one attached hydrogen (secondary N) is 1. The summed E-state index contributed by atoms with van der Waals surface area (Å²) in [5.41, 5.74) is 1.08. The van der Waals surface area contributed by atoms with Crippen LogP contribution in [0.2, 0.25) is 0 Å². The molecule has 1 aliphatic heterocycles. The van der Waals surface area contributed by atoms with Gasteiger partial charge in [-0.3, -0.25) is 14.5 Å². The predicted molar refractivity (Wildman–Crippen MR) is 100 cm³/mol. The third-order valence-electron chi connectivity index (χ3n) is 5.06. The van der Waals surface area contributed by atoms with Crippen molar-refractivity contribution in [2.24, 2.45) is 7.05 Å². The van der Waals surface area contributed by atoms with Gasteiger partial charge in [-0.25, -0.2) is 4.68 Å². The maximum atomic E-state index is 13.6. The molecule has 4 heterocycles. The van der Waals surface area contributed by atoms with Crippen LogP contribution in [0.25, 0.3) is 11.3 Å². The summed E-state index contributed by atoms with van der Waals surface area (Å²) in [5.74, 6) is -5.80. The standard InChI is InChI=1S/C19H18F5N7O/c1-18(20,21)14-8-10(5-6-25-14)12-9-13-11(4-3-7-31(13)28-12)26-16(32)15-27-17(19(22,23)24)29-30(15)2/h5-6,8-9,11H,3-4,7H2,1-2H3,(H,26,32). The van der Waals surface area contributed by atoms with Gasteiger partial charge in [-0.1, -0.05) is 0 Å². The van der Waals surface area contributed by atoms with Crippen molar-refractivity contribution in [2.75, 3.05) is 0 Å². The molecule has 32 heavy (non-hydrogen) atoms. The van der Waals surface area contributed by atoms with E-state index in [1.54, 1.807) is 16.8 Å². The summed E-state index contributed by atoms with van der Waals surface area (Å²) in [4.78, 5) is 19.6. The summed E-state index contributed by atoms with van der Waals surface area (Å²) in [6, 6.07) is 3.92. The molecular weight excluding hydrogens is 437 g/mol. The smallest absolute Gasteiger partial charge is 0.341 e. The summed E-state index contributed by atoms with van der Waals surface area (Å²) in [6.45, 7) is 1.30. The average Bonchev–Trinajstić information content (AvgIpc) is 3.32. The van der Waals surface area contributed by atoms with Crippen LogP contribution >= 0.6 is 0 Å². The van der Waals surface area contributed by atoms with E-state index in [4.69, 9.17) is 0 Å². The van der Waals surface area contributed by atoms with Gasteiger partial charge in [0.15, 0.2) is 0 Å². The van der Waals surface area contributed by atoms with Crippen molar-refractivity contribution in [3.63, 3.8) is 0 Å².